The highest BCUT2D eigenvalue weighted by atomic mass is 32.1. The maximum Gasteiger partial charge on any atom is 0.291 e. The zero-order chi connectivity index (χ0) is 27.1. The molecule has 0 saturated carbocycles. The number of hydrogen-bond acceptors (Lipinski definition) is 5. The van der Waals surface area contributed by atoms with Crippen LogP contribution in [0.5, 0.6) is 0 Å². The number of carbonyl (C=O) groups is 1. The van der Waals surface area contributed by atoms with Crippen molar-refractivity contribution in [1.82, 2.24) is 19.4 Å². The third-order valence-electron chi connectivity index (χ3n) is 7.28. The number of amides is 1. The Morgan fingerprint density at radius 1 is 1.02 bits per heavy atom. The van der Waals surface area contributed by atoms with Gasteiger partial charge in [0.2, 0.25) is 0 Å². The number of benzene rings is 3. The van der Waals surface area contributed by atoms with Gasteiger partial charge in [0.05, 0.1) is 23.9 Å². The molecule has 0 bridgehead atoms. The van der Waals surface area contributed by atoms with Crippen LogP contribution in [0.4, 0.5) is 5.69 Å². The minimum absolute atomic E-state index is 0.164. The van der Waals surface area contributed by atoms with Crippen molar-refractivity contribution in [2.24, 2.45) is 0 Å². The Morgan fingerprint density at radius 2 is 1.90 bits per heavy atom. The number of furan rings is 1. The Balaban J connectivity index is 1.12. The summed E-state index contributed by atoms with van der Waals surface area (Å²) in [6.07, 6.45) is 5.13. The van der Waals surface area contributed by atoms with Gasteiger partial charge in [0, 0.05) is 52.7 Å². The summed E-state index contributed by atoms with van der Waals surface area (Å²) >= 11 is 5.95. The number of ether oxygens (including phenoxy) is 1. The van der Waals surface area contributed by atoms with E-state index in [1.165, 1.54) is 6.26 Å². The number of nitrogens with zero attached hydrogens (tertiary/aromatic N) is 3. The number of para-hydroxylation sites is 2. The van der Waals surface area contributed by atoms with Gasteiger partial charge in [-0.2, -0.15) is 0 Å². The van der Waals surface area contributed by atoms with E-state index in [-0.39, 0.29) is 17.8 Å². The number of imidazole rings is 1. The molecule has 1 fully saturated rings. The van der Waals surface area contributed by atoms with E-state index in [1.807, 2.05) is 59.6 Å². The van der Waals surface area contributed by atoms with Crippen molar-refractivity contribution in [2.45, 2.75) is 6.10 Å². The van der Waals surface area contributed by atoms with Crippen LogP contribution in [0.1, 0.15) is 27.8 Å². The Bertz CT molecular complexity index is 1840. The lowest BCUT2D eigenvalue weighted by molar-refractivity contribution is -0.00520. The molecular weight excluding hydrogens is 522 g/mol. The molecule has 0 aliphatic carbocycles. The first-order valence-corrected chi connectivity index (χ1v) is 13.4. The highest BCUT2D eigenvalue weighted by molar-refractivity contribution is 7.80. The molecule has 0 spiro atoms. The number of H-pyrrole nitrogens is 1. The van der Waals surface area contributed by atoms with Crippen LogP contribution in [0.3, 0.4) is 0 Å². The fraction of sp³-hybridized carbons (Fsp3) is 0.129. The van der Waals surface area contributed by atoms with Gasteiger partial charge < -0.3 is 24.4 Å². The number of thiocarbonyl (C=S) groups is 1. The van der Waals surface area contributed by atoms with Crippen molar-refractivity contribution in [3.05, 3.63) is 115 Å². The quantitative estimate of drug-likeness (QED) is 0.254. The van der Waals surface area contributed by atoms with Crippen LogP contribution in [0.25, 0.3) is 27.6 Å². The number of carbonyl (C=O) groups excluding carboxylic acids is 1. The van der Waals surface area contributed by atoms with E-state index in [4.69, 9.17) is 26.4 Å². The third-order valence-corrected chi connectivity index (χ3v) is 7.75. The summed E-state index contributed by atoms with van der Waals surface area (Å²) in [7, 11) is 0. The van der Waals surface area contributed by atoms with Gasteiger partial charge in [-0.1, -0.05) is 42.5 Å². The predicted molar refractivity (Wildman–Crippen MR) is 158 cm³/mol. The van der Waals surface area contributed by atoms with E-state index in [0.717, 1.165) is 50.3 Å². The largest absolute Gasteiger partial charge is 0.459 e. The van der Waals surface area contributed by atoms with Crippen LogP contribution in [-0.2, 0) is 4.74 Å². The first-order chi connectivity index (χ1) is 19.7. The van der Waals surface area contributed by atoms with Gasteiger partial charge in [-0.15, -0.1) is 0 Å². The van der Waals surface area contributed by atoms with Gasteiger partial charge in [0.15, 0.2) is 5.76 Å². The van der Waals surface area contributed by atoms with Crippen molar-refractivity contribution in [1.29, 1.82) is 0 Å². The standard InChI is InChI=1S/C31H25N5O3S/c37-30(27-9-4-15-38-27)34-20-10-12-21(13-11-20)36-19-33-29-23(6-3-8-26(29)36)28-18-35(14-16-39-28)31(40)24-17-32-25-7-2-1-5-22(24)25/h1-13,15,17,19,28,32H,14,16,18H2,(H,34,37). The average molecular weight is 548 g/mol. The van der Waals surface area contributed by atoms with Crippen LogP contribution >= 0.6 is 12.2 Å². The average Bonchev–Trinajstić information content (AvgIpc) is 3.77. The molecule has 9 heteroatoms. The van der Waals surface area contributed by atoms with E-state index >= 15 is 0 Å². The van der Waals surface area contributed by atoms with Gasteiger partial charge in [-0.3, -0.25) is 9.36 Å². The van der Waals surface area contributed by atoms with Gasteiger partial charge in [0.1, 0.15) is 17.4 Å². The molecule has 1 aliphatic rings. The summed E-state index contributed by atoms with van der Waals surface area (Å²) in [5.74, 6) is -0.0240. The fourth-order valence-electron chi connectivity index (χ4n) is 5.27. The van der Waals surface area contributed by atoms with E-state index in [0.29, 0.717) is 18.8 Å². The molecule has 3 aromatic carbocycles. The van der Waals surface area contributed by atoms with Crippen LogP contribution in [-0.4, -0.2) is 50.0 Å². The van der Waals surface area contributed by atoms with E-state index in [1.54, 1.807) is 12.1 Å². The second-order valence-corrected chi connectivity index (χ2v) is 10.1. The normalized spacial score (nSPS) is 15.5. The summed E-state index contributed by atoms with van der Waals surface area (Å²) in [6, 6.07) is 25.3. The number of aromatic amines is 1. The Hall–Kier alpha value is -4.73. The van der Waals surface area contributed by atoms with Crippen molar-refractivity contribution in [2.75, 3.05) is 25.0 Å². The zero-order valence-electron chi connectivity index (χ0n) is 21.4. The van der Waals surface area contributed by atoms with Crippen molar-refractivity contribution in [3.8, 4) is 5.69 Å². The molecule has 2 N–H and O–H groups in total. The van der Waals surface area contributed by atoms with Gasteiger partial charge >= 0.3 is 0 Å². The van der Waals surface area contributed by atoms with E-state index in [2.05, 4.69) is 39.5 Å². The molecule has 4 heterocycles. The number of anilines is 1. The lowest BCUT2D eigenvalue weighted by Crippen LogP contribution is -2.41. The number of nitrogens with one attached hydrogen (secondary N) is 2. The lowest BCUT2D eigenvalue weighted by atomic mass is 10.0. The Labute approximate surface area is 235 Å². The van der Waals surface area contributed by atoms with Gasteiger partial charge in [0.25, 0.3) is 5.91 Å². The smallest absolute Gasteiger partial charge is 0.291 e. The Kier molecular flexibility index (Phi) is 6.14. The van der Waals surface area contributed by atoms with Crippen molar-refractivity contribution in [3.63, 3.8) is 0 Å². The fourth-order valence-corrected chi connectivity index (χ4v) is 5.61. The summed E-state index contributed by atoms with van der Waals surface area (Å²) < 4.78 is 13.5. The third kappa shape index (κ3) is 4.35. The number of hydrogen-bond donors (Lipinski definition) is 2. The predicted octanol–water partition coefficient (Wildman–Crippen LogP) is 6.10. The summed E-state index contributed by atoms with van der Waals surface area (Å²) in [5, 5.41) is 3.98. The minimum atomic E-state index is -0.291. The van der Waals surface area contributed by atoms with Crippen LogP contribution in [0.15, 0.2) is 102 Å². The molecular formula is C31H25N5O3S. The molecule has 198 valence electrons. The first kappa shape index (κ1) is 24.3. The molecule has 1 aliphatic heterocycles. The van der Waals surface area contributed by atoms with E-state index < -0.39 is 0 Å². The highest BCUT2D eigenvalue weighted by Crippen LogP contribution is 2.31. The number of fused-ring (bicyclic) bond motifs is 2. The SMILES string of the molecule is O=C(Nc1ccc(-n2cnc3c(C4CN(C(=S)c5c[nH]c6ccccc56)CCO4)cccc32)cc1)c1ccco1. The number of morpholine rings is 1. The molecule has 40 heavy (non-hydrogen) atoms. The molecule has 3 aromatic heterocycles. The number of rotatable bonds is 5. The second-order valence-electron chi connectivity index (χ2n) is 9.67. The topological polar surface area (TPSA) is 88.3 Å². The second kappa shape index (κ2) is 10.1. The van der Waals surface area contributed by atoms with Gasteiger partial charge in [-0.05, 0) is 48.5 Å². The van der Waals surface area contributed by atoms with Crippen LogP contribution < -0.4 is 5.32 Å². The lowest BCUT2D eigenvalue weighted by Gasteiger charge is -2.35. The molecule has 8 nitrogen and oxygen atoms in total. The van der Waals surface area contributed by atoms with Gasteiger partial charge in [-0.25, -0.2) is 4.98 Å². The zero-order valence-corrected chi connectivity index (χ0v) is 22.2. The monoisotopic (exact) mass is 547 g/mol. The molecule has 6 aromatic rings. The first-order valence-electron chi connectivity index (χ1n) is 13.0. The maximum atomic E-state index is 12.3. The molecule has 1 amide bonds. The van der Waals surface area contributed by atoms with Crippen molar-refractivity contribution < 1.29 is 13.9 Å². The molecule has 1 atom stereocenters. The summed E-state index contributed by atoms with van der Waals surface area (Å²) in [5.41, 5.74) is 6.63. The summed E-state index contributed by atoms with van der Waals surface area (Å²) in [6.45, 7) is 1.96. The number of aromatic nitrogens is 3. The minimum Gasteiger partial charge on any atom is -0.459 e. The van der Waals surface area contributed by atoms with Crippen LogP contribution in [0, 0.1) is 0 Å². The molecule has 0 radical (unpaired) electrons. The maximum absolute atomic E-state index is 12.3. The Morgan fingerprint density at radius 3 is 2.75 bits per heavy atom. The van der Waals surface area contributed by atoms with Crippen molar-refractivity contribution >= 4 is 50.7 Å². The molecule has 1 saturated heterocycles. The molecule has 1 unspecified atom stereocenters. The van der Waals surface area contributed by atoms with Crippen LogP contribution in [0.2, 0.25) is 0 Å². The van der Waals surface area contributed by atoms with E-state index in [9.17, 15) is 4.79 Å². The summed E-state index contributed by atoms with van der Waals surface area (Å²) in [4.78, 5) is 23.5. The molecule has 7 rings (SSSR count). The highest BCUT2D eigenvalue weighted by Gasteiger charge is 2.27.